The Morgan fingerprint density at radius 1 is 1.03 bits per heavy atom. The van der Waals surface area contributed by atoms with Crippen LogP contribution in [0, 0.1) is 35.0 Å². The molecule has 3 fully saturated rings. The Morgan fingerprint density at radius 2 is 1.71 bits per heavy atom. The number of allylic oxidation sites excluding steroid dienone is 4. The van der Waals surface area contributed by atoms with Gasteiger partial charge in [-0.15, -0.1) is 6.58 Å². The van der Waals surface area contributed by atoms with E-state index in [1.54, 1.807) is 27.2 Å². The summed E-state index contributed by atoms with van der Waals surface area (Å²) in [6, 6.07) is -1.10. The summed E-state index contributed by atoms with van der Waals surface area (Å²) in [5.41, 5.74) is 2.14. The molecule has 58 heavy (non-hydrogen) atoms. The second-order valence-corrected chi connectivity index (χ2v) is 17.5. The second-order valence-electron chi connectivity index (χ2n) is 17.5. The van der Waals surface area contributed by atoms with E-state index in [4.69, 9.17) is 23.7 Å². The van der Waals surface area contributed by atoms with Crippen LogP contribution in [0.2, 0.25) is 0 Å². The largest absolute Gasteiger partial charge is 0.456 e. The highest BCUT2D eigenvalue weighted by Crippen LogP contribution is 2.39. The molecule has 328 valence electrons. The molecule has 3 heterocycles. The van der Waals surface area contributed by atoms with Crippen molar-refractivity contribution in [1.82, 2.24) is 4.90 Å². The fraction of sp³-hybridized carbons (Fsp3) is 0.778. The predicted molar refractivity (Wildman–Crippen MR) is 220 cm³/mol. The molecule has 4 N–H and O–H groups in total. The van der Waals surface area contributed by atoms with Gasteiger partial charge in [-0.25, -0.2) is 4.79 Å². The molecular formula is C45H72N2O11. The Labute approximate surface area is 346 Å². The van der Waals surface area contributed by atoms with Crippen LogP contribution in [0.5, 0.6) is 0 Å². The number of nitrogens with zero attached hydrogens (tertiary/aromatic N) is 1. The van der Waals surface area contributed by atoms with E-state index in [1.807, 2.05) is 20.8 Å². The molecule has 2 saturated heterocycles. The third kappa shape index (κ3) is 11.9. The van der Waals surface area contributed by atoms with Crippen molar-refractivity contribution in [2.45, 2.75) is 160 Å². The molecule has 13 nitrogen and oxygen atoms in total. The van der Waals surface area contributed by atoms with Crippen LogP contribution in [0.4, 0.5) is 0 Å². The van der Waals surface area contributed by atoms with Crippen molar-refractivity contribution in [2.75, 3.05) is 34.0 Å². The van der Waals surface area contributed by atoms with Gasteiger partial charge < -0.3 is 49.3 Å². The van der Waals surface area contributed by atoms with E-state index in [-0.39, 0.29) is 56.3 Å². The van der Waals surface area contributed by atoms with Crippen molar-refractivity contribution in [3.63, 3.8) is 0 Å². The van der Waals surface area contributed by atoms with E-state index >= 15 is 0 Å². The Balaban J connectivity index is 1.74. The van der Waals surface area contributed by atoms with Gasteiger partial charge in [0.2, 0.25) is 5.79 Å². The molecular weight excluding hydrogens is 744 g/mol. The monoisotopic (exact) mass is 817 g/mol. The lowest BCUT2D eigenvalue weighted by molar-refractivity contribution is -0.302. The number of hydrogen-bond acceptors (Lipinski definition) is 12. The van der Waals surface area contributed by atoms with Crippen LogP contribution in [-0.4, -0.2) is 126 Å². The molecule has 0 spiro atoms. The number of carbonyl (C=O) groups is 3. The number of carbonyl (C=O) groups excluding carboxylic acids is 3. The predicted octanol–water partition coefficient (Wildman–Crippen LogP) is 5.48. The summed E-state index contributed by atoms with van der Waals surface area (Å²) < 4.78 is 30.1. The number of aliphatic hydroxyl groups is 3. The maximum Gasteiger partial charge on any atom is 0.329 e. The minimum absolute atomic E-state index is 0.0247. The lowest BCUT2D eigenvalue weighted by Gasteiger charge is -2.47. The fourth-order valence-corrected chi connectivity index (χ4v) is 9.56. The first kappa shape index (κ1) is 47.9. The maximum atomic E-state index is 14.3. The van der Waals surface area contributed by atoms with Gasteiger partial charge in [0.25, 0.3) is 11.7 Å². The number of esters is 1. The smallest absolute Gasteiger partial charge is 0.329 e. The number of fused-ring (bicyclic) bond motifs is 3. The third-order valence-corrected chi connectivity index (χ3v) is 13.0. The van der Waals surface area contributed by atoms with Crippen molar-refractivity contribution in [3.8, 4) is 0 Å². The van der Waals surface area contributed by atoms with Crippen LogP contribution in [-0.2, 0) is 38.1 Å². The Bertz CT molecular complexity index is 1470. The molecule has 4 rings (SSSR count). The van der Waals surface area contributed by atoms with Crippen LogP contribution in [0.25, 0.3) is 0 Å². The topological polar surface area (TPSA) is 185 Å². The number of rotatable bonds is 9. The summed E-state index contributed by atoms with van der Waals surface area (Å²) in [5, 5.41) is 42.2. The first-order valence-electron chi connectivity index (χ1n) is 21.5. The van der Waals surface area contributed by atoms with Gasteiger partial charge in [-0.3, -0.25) is 9.59 Å². The number of methoxy groups -OCH3 is 2. The number of Topliss-reactive ketones (excluding diaryl/α,β-unsaturated/α-hetero) is 1. The van der Waals surface area contributed by atoms with Gasteiger partial charge in [-0.2, -0.15) is 0 Å². The summed E-state index contributed by atoms with van der Waals surface area (Å²) >= 11 is 0. The highest BCUT2D eigenvalue weighted by molar-refractivity contribution is 6.39. The van der Waals surface area contributed by atoms with Crippen LogP contribution in [0.1, 0.15) is 112 Å². The number of cyclic esters (lactones) is 1. The quantitative estimate of drug-likeness (QED) is 0.131. The van der Waals surface area contributed by atoms with E-state index in [0.29, 0.717) is 44.4 Å². The normalized spacial score (nSPS) is 39.2. The molecule has 11 atom stereocenters. The van der Waals surface area contributed by atoms with Crippen molar-refractivity contribution in [1.29, 1.82) is 5.41 Å². The number of nitrogens with one attached hydrogen (secondary N) is 1. The molecule has 1 aliphatic carbocycles. The Hall–Kier alpha value is -2.78. The van der Waals surface area contributed by atoms with E-state index in [2.05, 4.69) is 25.7 Å². The third-order valence-electron chi connectivity index (χ3n) is 13.0. The van der Waals surface area contributed by atoms with Crippen LogP contribution >= 0.6 is 0 Å². The molecule has 0 radical (unpaired) electrons. The molecule has 1 saturated carbocycles. The molecule has 4 aliphatic rings. The summed E-state index contributed by atoms with van der Waals surface area (Å²) in [4.78, 5) is 44.1. The molecule has 0 aromatic carbocycles. The van der Waals surface area contributed by atoms with Crippen LogP contribution < -0.4 is 0 Å². The SMILES string of the molecule is C=CC[C@@H]1/C=C(\C)C[C@H](C)C[C@H](OC)[C@H]2O[C@@](O)(C(=O)C(=O)N3CCCC[C@H]3C(=O)O[C@H](/C(C)=C/C3CCC(OCCO)CC3)[C@H](C)[C@@H](O)CC1=N)[C@H](C)C[C@@H]2OC. The highest BCUT2D eigenvalue weighted by Gasteiger charge is 2.56. The molecule has 0 aromatic heterocycles. The zero-order valence-corrected chi connectivity index (χ0v) is 36.0. The van der Waals surface area contributed by atoms with E-state index in [9.17, 15) is 35.1 Å². The average Bonchev–Trinajstić information content (AvgIpc) is 3.20. The minimum Gasteiger partial charge on any atom is -0.456 e. The van der Waals surface area contributed by atoms with Crippen LogP contribution in [0.3, 0.4) is 0 Å². The van der Waals surface area contributed by atoms with Crippen molar-refractivity contribution in [3.05, 3.63) is 36.0 Å². The molecule has 13 heteroatoms. The number of hydrogen-bond donors (Lipinski definition) is 4. The molecule has 1 amide bonds. The number of ketones is 1. The van der Waals surface area contributed by atoms with Crippen molar-refractivity contribution < 1.29 is 53.4 Å². The lowest BCUT2D eigenvalue weighted by atomic mass is 9.82. The zero-order valence-electron chi connectivity index (χ0n) is 36.0. The first-order valence-corrected chi connectivity index (χ1v) is 21.5. The number of amides is 1. The lowest BCUT2D eigenvalue weighted by Crippen LogP contribution is -2.64. The first-order chi connectivity index (χ1) is 27.6. The van der Waals surface area contributed by atoms with Crippen LogP contribution in [0.15, 0.2) is 36.0 Å². The summed E-state index contributed by atoms with van der Waals surface area (Å²) in [6.07, 6.45) is 8.80. The van der Waals surface area contributed by atoms with E-state index < -0.39 is 71.8 Å². The van der Waals surface area contributed by atoms with Gasteiger partial charge >= 0.3 is 5.97 Å². The number of aliphatic hydroxyl groups excluding tert-OH is 2. The van der Waals surface area contributed by atoms with Crippen molar-refractivity contribution in [2.24, 2.45) is 29.6 Å². The molecule has 0 aromatic rings. The Kier molecular flexibility index (Phi) is 18.3. The second kappa shape index (κ2) is 22.2. The summed E-state index contributed by atoms with van der Waals surface area (Å²) in [7, 11) is 3.09. The Morgan fingerprint density at radius 3 is 2.34 bits per heavy atom. The maximum absolute atomic E-state index is 14.3. The van der Waals surface area contributed by atoms with E-state index in [0.717, 1.165) is 36.8 Å². The van der Waals surface area contributed by atoms with E-state index in [1.165, 1.54) is 4.90 Å². The van der Waals surface area contributed by atoms with Gasteiger partial charge in [0.05, 0.1) is 37.6 Å². The molecule has 3 aliphatic heterocycles. The molecule has 0 unspecified atom stereocenters. The van der Waals surface area contributed by atoms with Gasteiger partial charge in [0.15, 0.2) is 0 Å². The summed E-state index contributed by atoms with van der Waals surface area (Å²) in [6.45, 7) is 13.8. The van der Waals surface area contributed by atoms with Gasteiger partial charge in [0, 0.05) is 50.7 Å². The molecule has 2 bridgehead atoms. The number of piperidine rings is 1. The fourth-order valence-electron chi connectivity index (χ4n) is 9.56. The highest BCUT2D eigenvalue weighted by atomic mass is 16.7. The number of ether oxygens (including phenoxy) is 5. The standard InChI is InChI=1S/C45H72N2O11/c1-9-12-33-22-27(2)21-28(3)23-38(54-7)41-39(55-8)25-30(5)45(53,58-41)42(50)43(51)47-18-11-10-13-36(47)44(52)57-40(31(6)37(49)26-35(33)46)29(4)24-32-14-16-34(17-15-32)56-20-19-48/h9,22,24,28,30-34,36-41,46,48-49,53H,1,10-21,23,25-26H2,2-8H3/b27-22+,29-24+,46-35?/t28-,30+,31+,32?,33+,34?,36-,37-,38-,39-,40+,41+,45+/m0/s1. The van der Waals surface area contributed by atoms with Gasteiger partial charge in [-0.1, -0.05) is 44.6 Å². The minimum atomic E-state index is -2.49. The zero-order chi connectivity index (χ0) is 42.7. The average molecular weight is 817 g/mol. The van der Waals surface area contributed by atoms with Gasteiger partial charge in [0.1, 0.15) is 18.2 Å². The summed E-state index contributed by atoms with van der Waals surface area (Å²) in [5.74, 6) is -6.85. The van der Waals surface area contributed by atoms with Crippen molar-refractivity contribution >= 4 is 23.4 Å². The van der Waals surface area contributed by atoms with Gasteiger partial charge in [-0.05, 0) is 102 Å².